The summed E-state index contributed by atoms with van der Waals surface area (Å²) >= 11 is 6.32. The summed E-state index contributed by atoms with van der Waals surface area (Å²) in [5.74, 6) is 1.05. The van der Waals surface area contributed by atoms with Crippen LogP contribution in [0.2, 0.25) is 5.02 Å². The van der Waals surface area contributed by atoms with Crippen molar-refractivity contribution in [3.05, 3.63) is 77.7 Å². The van der Waals surface area contributed by atoms with Crippen LogP contribution in [-0.4, -0.2) is 38.1 Å². The van der Waals surface area contributed by atoms with E-state index >= 15 is 0 Å². The van der Waals surface area contributed by atoms with Crippen LogP contribution in [-0.2, 0) is 4.79 Å². The van der Waals surface area contributed by atoms with Gasteiger partial charge in [-0.2, -0.15) is 0 Å². The van der Waals surface area contributed by atoms with Crippen molar-refractivity contribution < 1.29 is 13.9 Å². The highest BCUT2D eigenvalue weighted by molar-refractivity contribution is 6.32. The zero-order valence-electron chi connectivity index (χ0n) is 15.9. The molecule has 28 heavy (non-hydrogen) atoms. The fourth-order valence-electron chi connectivity index (χ4n) is 2.85. The third-order valence-electron chi connectivity index (χ3n) is 4.39. The van der Waals surface area contributed by atoms with E-state index < -0.39 is 0 Å². The molecule has 0 spiro atoms. The summed E-state index contributed by atoms with van der Waals surface area (Å²) in [6.07, 6.45) is 1.62. The van der Waals surface area contributed by atoms with Gasteiger partial charge < -0.3 is 14.5 Å². The quantitative estimate of drug-likeness (QED) is 0.611. The largest absolute Gasteiger partial charge is 0.482 e. The lowest BCUT2D eigenvalue weighted by Crippen LogP contribution is -2.36. The molecule has 3 rings (SSSR count). The second-order valence-electron chi connectivity index (χ2n) is 6.60. The van der Waals surface area contributed by atoms with Crippen molar-refractivity contribution in [2.45, 2.75) is 6.04 Å². The van der Waals surface area contributed by atoms with E-state index in [1.54, 1.807) is 12.3 Å². The van der Waals surface area contributed by atoms with Crippen molar-refractivity contribution in [1.29, 1.82) is 0 Å². The van der Waals surface area contributed by atoms with E-state index in [0.29, 0.717) is 17.3 Å². The number of carbonyl (C=O) groups is 1. The SMILES string of the molecule is CN(C)C(CNC(=O)COc1ccc(-c2ccccc2)cc1Cl)c1ccco1. The van der Waals surface area contributed by atoms with Gasteiger partial charge in [-0.3, -0.25) is 9.69 Å². The van der Waals surface area contributed by atoms with E-state index in [9.17, 15) is 4.79 Å². The standard InChI is InChI=1S/C22H23ClN2O3/c1-25(2)19(21-9-6-12-27-21)14-24-22(26)15-28-20-11-10-17(13-18(20)23)16-7-4-3-5-8-16/h3-13,19H,14-15H2,1-2H3,(H,24,26). The Hall–Kier alpha value is -2.76. The number of nitrogens with one attached hydrogen (secondary N) is 1. The molecule has 0 fully saturated rings. The Morgan fingerprint density at radius 3 is 2.54 bits per heavy atom. The number of furan rings is 1. The van der Waals surface area contributed by atoms with Gasteiger partial charge in [-0.15, -0.1) is 0 Å². The number of likely N-dealkylation sites (N-methyl/N-ethyl adjacent to an activating group) is 1. The van der Waals surface area contributed by atoms with Gasteiger partial charge in [-0.25, -0.2) is 0 Å². The molecule has 2 aromatic carbocycles. The van der Waals surface area contributed by atoms with Crippen LogP contribution < -0.4 is 10.1 Å². The smallest absolute Gasteiger partial charge is 0.258 e. The summed E-state index contributed by atoms with van der Waals surface area (Å²) in [6.45, 7) is 0.312. The van der Waals surface area contributed by atoms with Crippen LogP contribution in [0.15, 0.2) is 71.3 Å². The lowest BCUT2D eigenvalue weighted by Gasteiger charge is -2.22. The first-order chi connectivity index (χ1) is 13.5. The summed E-state index contributed by atoms with van der Waals surface area (Å²) in [5, 5.41) is 3.34. The van der Waals surface area contributed by atoms with Gasteiger partial charge in [0.25, 0.3) is 5.91 Å². The number of carbonyl (C=O) groups excluding carboxylic acids is 1. The van der Waals surface area contributed by atoms with Crippen LogP contribution in [0, 0.1) is 0 Å². The van der Waals surface area contributed by atoms with E-state index in [0.717, 1.165) is 16.9 Å². The molecule has 0 aliphatic rings. The molecule has 6 heteroatoms. The van der Waals surface area contributed by atoms with Crippen molar-refractivity contribution in [3.8, 4) is 16.9 Å². The number of hydrogen-bond acceptors (Lipinski definition) is 4. The van der Waals surface area contributed by atoms with Crippen molar-refractivity contribution in [2.75, 3.05) is 27.2 Å². The number of rotatable bonds is 8. The first-order valence-corrected chi connectivity index (χ1v) is 9.36. The Balaban J connectivity index is 1.54. The molecule has 0 saturated carbocycles. The van der Waals surface area contributed by atoms with E-state index in [4.69, 9.17) is 20.8 Å². The van der Waals surface area contributed by atoms with Gasteiger partial charge in [-0.05, 0) is 49.5 Å². The predicted octanol–water partition coefficient (Wildman–Crippen LogP) is 4.40. The number of nitrogens with zero attached hydrogens (tertiary/aromatic N) is 1. The Kier molecular flexibility index (Phi) is 6.74. The van der Waals surface area contributed by atoms with Gasteiger partial charge in [0.15, 0.2) is 6.61 Å². The zero-order valence-corrected chi connectivity index (χ0v) is 16.6. The minimum Gasteiger partial charge on any atom is -0.482 e. The molecule has 1 atom stereocenters. The fourth-order valence-corrected chi connectivity index (χ4v) is 3.09. The molecular formula is C22H23ClN2O3. The molecule has 0 radical (unpaired) electrons. The van der Waals surface area contributed by atoms with Crippen LogP contribution in [0.3, 0.4) is 0 Å². The maximum atomic E-state index is 12.2. The van der Waals surface area contributed by atoms with Crippen molar-refractivity contribution >= 4 is 17.5 Å². The number of amides is 1. The molecule has 1 N–H and O–H groups in total. The molecular weight excluding hydrogens is 376 g/mol. The third-order valence-corrected chi connectivity index (χ3v) is 4.68. The van der Waals surface area contributed by atoms with E-state index in [1.807, 2.05) is 73.6 Å². The Morgan fingerprint density at radius 1 is 1.11 bits per heavy atom. The lowest BCUT2D eigenvalue weighted by atomic mass is 10.1. The minimum absolute atomic E-state index is 0.0484. The molecule has 0 aliphatic heterocycles. The van der Waals surface area contributed by atoms with Gasteiger partial charge >= 0.3 is 0 Å². The Morgan fingerprint density at radius 2 is 1.89 bits per heavy atom. The average molecular weight is 399 g/mol. The van der Waals surface area contributed by atoms with Gasteiger partial charge in [0.05, 0.1) is 17.3 Å². The highest BCUT2D eigenvalue weighted by Gasteiger charge is 2.18. The highest BCUT2D eigenvalue weighted by atomic mass is 35.5. The monoisotopic (exact) mass is 398 g/mol. The number of benzene rings is 2. The van der Waals surface area contributed by atoms with E-state index in [2.05, 4.69) is 5.32 Å². The molecule has 3 aromatic rings. The third kappa shape index (κ3) is 5.15. The first-order valence-electron chi connectivity index (χ1n) is 8.99. The Labute approximate surface area is 169 Å². The highest BCUT2D eigenvalue weighted by Crippen LogP contribution is 2.30. The first kappa shape index (κ1) is 20.0. The summed E-state index contributed by atoms with van der Waals surface area (Å²) in [4.78, 5) is 14.2. The molecule has 1 aromatic heterocycles. The van der Waals surface area contributed by atoms with Crippen molar-refractivity contribution in [2.24, 2.45) is 0 Å². The molecule has 146 valence electrons. The average Bonchev–Trinajstić information content (AvgIpc) is 3.22. The molecule has 1 unspecified atom stereocenters. The van der Waals surface area contributed by atoms with Crippen LogP contribution in [0.5, 0.6) is 5.75 Å². The maximum Gasteiger partial charge on any atom is 0.258 e. The molecule has 0 bridgehead atoms. The minimum atomic E-state index is -0.221. The normalized spacial score (nSPS) is 12.0. The number of hydrogen-bond donors (Lipinski definition) is 1. The number of halogens is 1. The number of ether oxygens (including phenoxy) is 1. The van der Waals surface area contributed by atoms with Gasteiger partial charge in [0.1, 0.15) is 11.5 Å². The zero-order chi connectivity index (χ0) is 19.9. The lowest BCUT2D eigenvalue weighted by molar-refractivity contribution is -0.123. The van der Waals surface area contributed by atoms with Gasteiger partial charge in [0, 0.05) is 6.54 Å². The molecule has 0 aliphatic carbocycles. The predicted molar refractivity (Wildman–Crippen MR) is 111 cm³/mol. The van der Waals surface area contributed by atoms with Crippen LogP contribution in [0.4, 0.5) is 0 Å². The van der Waals surface area contributed by atoms with Crippen LogP contribution >= 0.6 is 11.6 Å². The Bertz CT molecular complexity index is 895. The summed E-state index contributed by atoms with van der Waals surface area (Å²) < 4.78 is 11.0. The van der Waals surface area contributed by atoms with Crippen LogP contribution in [0.25, 0.3) is 11.1 Å². The summed E-state index contributed by atoms with van der Waals surface area (Å²) in [5.41, 5.74) is 2.07. The maximum absolute atomic E-state index is 12.2. The fraction of sp³-hybridized carbons (Fsp3) is 0.227. The van der Waals surface area contributed by atoms with E-state index in [-0.39, 0.29) is 18.6 Å². The second-order valence-corrected chi connectivity index (χ2v) is 7.01. The van der Waals surface area contributed by atoms with Crippen molar-refractivity contribution in [3.63, 3.8) is 0 Å². The van der Waals surface area contributed by atoms with E-state index in [1.165, 1.54) is 0 Å². The summed E-state index contributed by atoms with van der Waals surface area (Å²) in [6, 6.07) is 19.2. The van der Waals surface area contributed by atoms with Gasteiger partial charge in [0.2, 0.25) is 0 Å². The molecule has 5 nitrogen and oxygen atoms in total. The molecule has 1 heterocycles. The summed E-state index contributed by atoms with van der Waals surface area (Å²) in [7, 11) is 3.87. The molecule has 0 saturated heterocycles. The second kappa shape index (κ2) is 9.44. The topological polar surface area (TPSA) is 54.7 Å². The van der Waals surface area contributed by atoms with Gasteiger partial charge in [-0.1, -0.05) is 48.0 Å². The van der Waals surface area contributed by atoms with Crippen LogP contribution in [0.1, 0.15) is 11.8 Å². The molecule has 1 amide bonds. The van der Waals surface area contributed by atoms with Crippen molar-refractivity contribution in [1.82, 2.24) is 10.2 Å².